The van der Waals surface area contributed by atoms with Crippen LogP contribution in [0, 0.1) is 0 Å². The number of fused-ring (bicyclic) bond motifs is 1. The third kappa shape index (κ3) is 2.10. The Labute approximate surface area is 116 Å². The van der Waals surface area contributed by atoms with Crippen molar-refractivity contribution < 1.29 is 24.5 Å². The molecule has 3 rings (SSSR count). The van der Waals surface area contributed by atoms with Gasteiger partial charge in [0.25, 0.3) is 0 Å². The largest absolute Gasteiger partial charge is 0.508 e. The Hall–Kier alpha value is -1.79. The highest BCUT2D eigenvalue weighted by Crippen LogP contribution is 2.39. The number of hydrogen-bond acceptors (Lipinski definition) is 5. The van der Waals surface area contributed by atoms with Crippen LogP contribution in [0.1, 0.15) is 18.4 Å². The highest BCUT2D eigenvalue weighted by atomic mass is 16.5. The molecular formula is C14H17NO5. The number of benzene rings is 1. The van der Waals surface area contributed by atoms with Crippen molar-refractivity contribution in [2.75, 3.05) is 19.8 Å². The first kappa shape index (κ1) is 13.2. The van der Waals surface area contributed by atoms with Crippen LogP contribution in [-0.2, 0) is 15.1 Å². The molecule has 6 nitrogen and oxygen atoms in total. The topological polar surface area (TPSA) is 88.0 Å². The maximum atomic E-state index is 11.7. The normalized spacial score (nSPS) is 28.1. The van der Waals surface area contributed by atoms with Crippen LogP contribution in [0.4, 0.5) is 0 Å². The van der Waals surface area contributed by atoms with Crippen molar-refractivity contribution in [2.45, 2.75) is 24.5 Å². The van der Waals surface area contributed by atoms with Crippen LogP contribution in [0.5, 0.6) is 11.5 Å². The van der Waals surface area contributed by atoms with Crippen molar-refractivity contribution >= 4 is 5.97 Å². The number of carboxylic acids is 1. The first-order chi connectivity index (χ1) is 9.62. The fourth-order valence-electron chi connectivity index (χ4n) is 2.74. The van der Waals surface area contributed by atoms with Crippen molar-refractivity contribution in [3.8, 4) is 11.5 Å². The van der Waals surface area contributed by atoms with E-state index in [1.807, 2.05) is 0 Å². The van der Waals surface area contributed by atoms with Gasteiger partial charge in [0.05, 0.1) is 6.10 Å². The lowest BCUT2D eigenvalue weighted by Gasteiger charge is -2.26. The summed E-state index contributed by atoms with van der Waals surface area (Å²) in [4.78, 5) is 11.7. The minimum Gasteiger partial charge on any atom is -0.508 e. The van der Waals surface area contributed by atoms with E-state index in [9.17, 15) is 15.0 Å². The van der Waals surface area contributed by atoms with E-state index >= 15 is 0 Å². The molecule has 2 unspecified atom stereocenters. The molecule has 20 heavy (non-hydrogen) atoms. The van der Waals surface area contributed by atoms with Gasteiger partial charge in [0.1, 0.15) is 18.1 Å². The number of carboxylic acid groups (broad SMARTS) is 1. The Morgan fingerprint density at radius 3 is 3.05 bits per heavy atom. The second-order valence-corrected chi connectivity index (χ2v) is 5.20. The maximum absolute atomic E-state index is 11.7. The molecule has 0 spiro atoms. The van der Waals surface area contributed by atoms with Crippen molar-refractivity contribution in [2.24, 2.45) is 0 Å². The number of ether oxygens (including phenoxy) is 2. The summed E-state index contributed by atoms with van der Waals surface area (Å²) in [7, 11) is 0. The summed E-state index contributed by atoms with van der Waals surface area (Å²) in [5.41, 5.74) is -0.726. The predicted molar refractivity (Wildman–Crippen MR) is 69.9 cm³/mol. The van der Waals surface area contributed by atoms with E-state index in [4.69, 9.17) is 9.47 Å². The fourth-order valence-corrected chi connectivity index (χ4v) is 2.74. The molecule has 0 bridgehead atoms. The molecule has 2 atom stereocenters. The second-order valence-electron chi connectivity index (χ2n) is 5.20. The Balaban J connectivity index is 1.85. The van der Waals surface area contributed by atoms with Crippen LogP contribution in [0.2, 0.25) is 0 Å². The monoisotopic (exact) mass is 279 g/mol. The smallest absolute Gasteiger partial charge is 0.332 e. The number of phenols is 1. The van der Waals surface area contributed by atoms with Crippen LogP contribution in [0.15, 0.2) is 18.2 Å². The average molecular weight is 279 g/mol. The van der Waals surface area contributed by atoms with Gasteiger partial charge in [-0.3, -0.25) is 5.32 Å². The lowest BCUT2D eigenvalue weighted by molar-refractivity contribution is -0.146. The van der Waals surface area contributed by atoms with E-state index in [1.165, 1.54) is 12.1 Å². The predicted octanol–water partition coefficient (Wildman–Crippen LogP) is 0.833. The highest BCUT2D eigenvalue weighted by molar-refractivity contribution is 5.83. The van der Waals surface area contributed by atoms with Crippen molar-refractivity contribution in [1.29, 1.82) is 0 Å². The molecule has 0 aromatic heterocycles. The van der Waals surface area contributed by atoms with E-state index in [0.29, 0.717) is 17.9 Å². The summed E-state index contributed by atoms with van der Waals surface area (Å²) in [6.45, 7) is 1.21. The molecule has 108 valence electrons. The summed E-state index contributed by atoms with van der Waals surface area (Å²) in [6, 6.07) is 4.50. The van der Waals surface area contributed by atoms with Crippen LogP contribution in [0.3, 0.4) is 0 Å². The van der Waals surface area contributed by atoms with E-state index in [0.717, 1.165) is 19.4 Å². The van der Waals surface area contributed by atoms with Crippen LogP contribution in [0.25, 0.3) is 0 Å². The molecule has 0 saturated carbocycles. The number of carbonyl (C=O) groups is 1. The molecule has 1 aromatic carbocycles. The first-order valence-electron chi connectivity index (χ1n) is 6.68. The molecule has 3 N–H and O–H groups in total. The summed E-state index contributed by atoms with van der Waals surface area (Å²) in [5, 5.41) is 22.1. The van der Waals surface area contributed by atoms with Gasteiger partial charge >= 0.3 is 5.97 Å². The molecule has 2 heterocycles. The molecule has 2 aliphatic heterocycles. The van der Waals surface area contributed by atoms with Gasteiger partial charge in [-0.1, -0.05) is 0 Å². The zero-order chi connectivity index (χ0) is 14.2. The molecule has 1 saturated heterocycles. The number of aliphatic carboxylic acids is 1. The third-order valence-corrected chi connectivity index (χ3v) is 3.89. The van der Waals surface area contributed by atoms with Crippen molar-refractivity contribution in [1.82, 2.24) is 5.32 Å². The average Bonchev–Trinajstić information content (AvgIpc) is 3.03. The van der Waals surface area contributed by atoms with Crippen LogP contribution >= 0.6 is 0 Å². The molecule has 0 radical (unpaired) electrons. The van der Waals surface area contributed by atoms with Crippen LogP contribution < -0.4 is 10.1 Å². The van der Waals surface area contributed by atoms with Crippen molar-refractivity contribution in [3.63, 3.8) is 0 Å². The molecule has 2 aliphatic rings. The summed E-state index contributed by atoms with van der Waals surface area (Å²) >= 11 is 0. The van der Waals surface area contributed by atoms with Gasteiger partial charge in [0.15, 0.2) is 5.54 Å². The van der Waals surface area contributed by atoms with Gasteiger partial charge in [0, 0.05) is 24.8 Å². The molecule has 6 heteroatoms. The van der Waals surface area contributed by atoms with Crippen LogP contribution in [-0.4, -0.2) is 42.0 Å². The molecule has 0 amide bonds. The molecule has 1 fully saturated rings. The molecular weight excluding hydrogens is 262 g/mol. The van der Waals surface area contributed by atoms with Gasteiger partial charge in [-0.25, -0.2) is 4.79 Å². The fraction of sp³-hybridized carbons (Fsp3) is 0.500. The Bertz CT molecular complexity index is 526. The van der Waals surface area contributed by atoms with Gasteiger partial charge in [-0.2, -0.15) is 0 Å². The quantitative estimate of drug-likeness (QED) is 0.756. The first-order valence-corrected chi connectivity index (χ1v) is 6.68. The summed E-state index contributed by atoms with van der Waals surface area (Å²) in [6.07, 6.45) is 1.99. The standard InChI is InChI=1S/C14H17NO5/c16-9-3-4-11-12(6-9)20-8-14(11,13(17)18)15-7-10-2-1-5-19-10/h3-4,6,10,15-16H,1-2,5,7-8H2,(H,17,18). The number of phenolic OH excluding ortho intramolecular Hbond substituents is 1. The van der Waals surface area contributed by atoms with Gasteiger partial charge < -0.3 is 19.7 Å². The Morgan fingerprint density at radius 2 is 2.35 bits per heavy atom. The summed E-state index contributed by atoms with van der Waals surface area (Å²) < 4.78 is 10.9. The number of nitrogens with one attached hydrogen (secondary N) is 1. The zero-order valence-electron chi connectivity index (χ0n) is 11.0. The van der Waals surface area contributed by atoms with Crippen molar-refractivity contribution in [3.05, 3.63) is 23.8 Å². The Kier molecular flexibility index (Phi) is 3.27. The van der Waals surface area contributed by atoms with E-state index in [2.05, 4.69) is 5.32 Å². The summed E-state index contributed by atoms with van der Waals surface area (Å²) in [5.74, 6) is -0.517. The zero-order valence-corrected chi connectivity index (χ0v) is 11.0. The lowest BCUT2D eigenvalue weighted by Crippen LogP contribution is -2.52. The number of hydrogen-bond donors (Lipinski definition) is 3. The minimum atomic E-state index is -1.27. The number of rotatable bonds is 4. The van der Waals surface area contributed by atoms with E-state index in [1.54, 1.807) is 6.07 Å². The maximum Gasteiger partial charge on any atom is 0.332 e. The second kappa shape index (κ2) is 4.96. The minimum absolute atomic E-state index is 0.00778. The van der Waals surface area contributed by atoms with E-state index in [-0.39, 0.29) is 18.5 Å². The van der Waals surface area contributed by atoms with Gasteiger partial charge in [-0.15, -0.1) is 0 Å². The Morgan fingerprint density at radius 1 is 1.50 bits per heavy atom. The highest BCUT2D eigenvalue weighted by Gasteiger charge is 2.48. The third-order valence-electron chi connectivity index (χ3n) is 3.89. The molecule has 1 aromatic rings. The lowest BCUT2D eigenvalue weighted by atomic mass is 9.91. The molecule has 0 aliphatic carbocycles. The van der Waals surface area contributed by atoms with Gasteiger partial charge in [0.2, 0.25) is 0 Å². The van der Waals surface area contributed by atoms with Gasteiger partial charge in [-0.05, 0) is 25.0 Å². The number of aromatic hydroxyl groups is 1. The SMILES string of the molecule is O=C(O)C1(NCC2CCCO2)COc2cc(O)ccc21. The van der Waals surface area contributed by atoms with E-state index < -0.39 is 11.5 Å².